The van der Waals surface area contributed by atoms with Gasteiger partial charge < -0.3 is 15.1 Å². The van der Waals surface area contributed by atoms with Crippen LogP contribution < -0.4 is 10.6 Å². The number of nitrogens with two attached hydrogens (primary N) is 1. The van der Waals surface area contributed by atoms with Crippen LogP contribution in [0.4, 0.5) is 5.82 Å². The Morgan fingerprint density at radius 1 is 1.28 bits per heavy atom. The van der Waals surface area contributed by atoms with Gasteiger partial charge in [0.2, 0.25) is 0 Å². The number of amides is 1. The van der Waals surface area contributed by atoms with E-state index in [0.29, 0.717) is 17.3 Å². The number of piperazine rings is 1. The molecule has 1 saturated heterocycles. The first-order valence-electron chi connectivity index (χ1n) is 8.92. The van der Waals surface area contributed by atoms with Crippen LogP contribution in [0.15, 0.2) is 34.9 Å². The first-order valence-corrected chi connectivity index (χ1v) is 8.92. The summed E-state index contributed by atoms with van der Waals surface area (Å²) in [7, 11) is 0. The van der Waals surface area contributed by atoms with Gasteiger partial charge in [0, 0.05) is 38.3 Å². The lowest BCUT2D eigenvalue weighted by Crippen LogP contribution is -2.46. The molecule has 25 heavy (non-hydrogen) atoms. The van der Waals surface area contributed by atoms with Gasteiger partial charge in [-0.3, -0.25) is 9.69 Å². The van der Waals surface area contributed by atoms with Gasteiger partial charge >= 0.3 is 0 Å². The minimum absolute atomic E-state index is 0.428. The Morgan fingerprint density at radius 3 is 2.72 bits per heavy atom. The Bertz CT molecular complexity index is 764. The molecule has 6 nitrogen and oxygen atoms in total. The molecule has 1 saturated carbocycles. The molecule has 2 aliphatic rings. The lowest BCUT2D eigenvalue weighted by atomic mass is 10.2. The van der Waals surface area contributed by atoms with Gasteiger partial charge in [-0.15, -0.1) is 0 Å². The summed E-state index contributed by atoms with van der Waals surface area (Å²) >= 11 is 0. The molecule has 1 aliphatic carbocycles. The van der Waals surface area contributed by atoms with Crippen LogP contribution in [0.3, 0.4) is 0 Å². The molecule has 1 amide bonds. The van der Waals surface area contributed by atoms with E-state index in [-0.39, 0.29) is 0 Å². The van der Waals surface area contributed by atoms with E-state index in [2.05, 4.69) is 33.8 Å². The van der Waals surface area contributed by atoms with Crippen LogP contribution in [0, 0.1) is 5.92 Å². The zero-order valence-corrected chi connectivity index (χ0v) is 14.5. The van der Waals surface area contributed by atoms with E-state index in [1.54, 1.807) is 18.3 Å². The smallest absolute Gasteiger partial charge is 0.252 e. The van der Waals surface area contributed by atoms with Crippen molar-refractivity contribution in [2.24, 2.45) is 11.7 Å². The van der Waals surface area contributed by atoms with Crippen LogP contribution in [0.2, 0.25) is 0 Å². The third kappa shape index (κ3) is 3.39. The maximum atomic E-state index is 11.6. The average molecular weight is 340 g/mol. The van der Waals surface area contributed by atoms with E-state index >= 15 is 0 Å². The largest absolute Gasteiger partial charge is 0.464 e. The van der Waals surface area contributed by atoms with Crippen molar-refractivity contribution in [3.05, 3.63) is 47.5 Å². The van der Waals surface area contributed by atoms with Crippen molar-refractivity contribution < 1.29 is 9.21 Å². The molecule has 0 spiro atoms. The molecular weight excluding hydrogens is 316 g/mol. The highest BCUT2D eigenvalue weighted by Crippen LogP contribution is 2.47. The number of nitrogens with zero attached hydrogens (tertiary/aromatic N) is 3. The fraction of sp³-hybridized carbons (Fsp3) is 0.474. The predicted octanol–water partition coefficient (Wildman–Crippen LogP) is 2.22. The number of furan rings is 1. The first-order chi connectivity index (χ1) is 12.1. The van der Waals surface area contributed by atoms with Crippen LogP contribution in [0.1, 0.15) is 41.1 Å². The number of carbonyl (C=O) groups excluding carboxylic acids is 1. The summed E-state index contributed by atoms with van der Waals surface area (Å²) < 4.78 is 6.01. The summed E-state index contributed by atoms with van der Waals surface area (Å²) in [6.45, 7) is 6.56. The molecule has 2 fully saturated rings. The molecule has 6 heteroatoms. The van der Waals surface area contributed by atoms with Gasteiger partial charge in [-0.2, -0.15) is 0 Å². The zero-order chi connectivity index (χ0) is 17.4. The molecular formula is C19H24N4O2. The zero-order valence-electron chi connectivity index (χ0n) is 14.5. The number of hydrogen-bond acceptors (Lipinski definition) is 5. The maximum Gasteiger partial charge on any atom is 0.252 e. The molecule has 0 unspecified atom stereocenters. The van der Waals surface area contributed by atoms with Crippen LogP contribution >= 0.6 is 0 Å². The Balaban J connectivity index is 1.36. The SMILES string of the molecule is C[C@@H]1C[C@@H]1c1ccc(CN2CCN(c3ncccc3C(N)=O)CC2)o1. The average Bonchev–Trinajstić information content (AvgIpc) is 3.17. The first kappa shape index (κ1) is 16.1. The molecule has 4 rings (SSSR count). The van der Waals surface area contributed by atoms with Crippen LogP contribution in [-0.4, -0.2) is 42.0 Å². The molecule has 2 aromatic rings. The van der Waals surface area contributed by atoms with Crippen molar-refractivity contribution in [3.8, 4) is 0 Å². The van der Waals surface area contributed by atoms with Gasteiger partial charge in [-0.05, 0) is 36.6 Å². The summed E-state index contributed by atoms with van der Waals surface area (Å²) in [6.07, 6.45) is 2.95. The monoisotopic (exact) mass is 340 g/mol. The molecule has 132 valence electrons. The van der Waals surface area contributed by atoms with Crippen molar-refractivity contribution in [1.29, 1.82) is 0 Å². The predicted molar refractivity (Wildman–Crippen MR) is 95.5 cm³/mol. The standard InChI is InChI=1S/C19H24N4O2/c1-13-11-16(13)17-5-4-14(25-17)12-22-7-9-23(10-8-22)19-15(18(20)24)3-2-6-21-19/h2-6,13,16H,7-12H2,1H3,(H2,20,24)/t13-,16+/m1/s1. The fourth-order valence-corrected chi connectivity index (χ4v) is 3.58. The minimum Gasteiger partial charge on any atom is -0.464 e. The number of rotatable bonds is 5. The highest BCUT2D eigenvalue weighted by atomic mass is 16.3. The highest BCUT2D eigenvalue weighted by molar-refractivity contribution is 5.97. The van der Waals surface area contributed by atoms with Gasteiger partial charge in [-0.1, -0.05) is 6.92 Å². The number of hydrogen-bond donors (Lipinski definition) is 1. The van der Waals surface area contributed by atoms with E-state index in [4.69, 9.17) is 10.2 Å². The Hall–Kier alpha value is -2.34. The second-order valence-electron chi connectivity index (χ2n) is 7.13. The molecule has 2 atom stereocenters. The molecule has 1 aliphatic heterocycles. The Labute approximate surface area is 147 Å². The van der Waals surface area contributed by atoms with Crippen LogP contribution in [0.5, 0.6) is 0 Å². The number of anilines is 1. The van der Waals surface area contributed by atoms with Crippen molar-refractivity contribution in [2.45, 2.75) is 25.8 Å². The van der Waals surface area contributed by atoms with Crippen molar-refractivity contribution in [3.63, 3.8) is 0 Å². The van der Waals surface area contributed by atoms with Crippen molar-refractivity contribution >= 4 is 11.7 Å². The summed E-state index contributed by atoms with van der Waals surface area (Å²) in [5.74, 6) is 3.84. The number of aromatic nitrogens is 1. The summed E-state index contributed by atoms with van der Waals surface area (Å²) in [6, 6.07) is 7.72. The third-order valence-electron chi connectivity index (χ3n) is 5.26. The number of carbonyl (C=O) groups is 1. The Morgan fingerprint density at radius 2 is 2.04 bits per heavy atom. The molecule has 0 aromatic carbocycles. The van der Waals surface area contributed by atoms with Gasteiger partial charge in [0.15, 0.2) is 0 Å². The van der Waals surface area contributed by atoms with E-state index < -0.39 is 5.91 Å². The molecule has 0 radical (unpaired) electrons. The van der Waals surface area contributed by atoms with E-state index in [9.17, 15) is 4.79 Å². The van der Waals surface area contributed by atoms with E-state index in [0.717, 1.165) is 50.2 Å². The van der Waals surface area contributed by atoms with Crippen LogP contribution in [0.25, 0.3) is 0 Å². The highest BCUT2D eigenvalue weighted by Gasteiger charge is 2.36. The minimum atomic E-state index is -0.428. The van der Waals surface area contributed by atoms with Crippen molar-refractivity contribution in [1.82, 2.24) is 9.88 Å². The Kier molecular flexibility index (Phi) is 4.21. The van der Waals surface area contributed by atoms with Gasteiger partial charge in [0.1, 0.15) is 17.3 Å². The molecule has 2 aromatic heterocycles. The number of primary amides is 1. The lowest BCUT2D eigenvalue weighted by Gasteiger charge is -2.35. The van der Waals surface area contributed by atoms with Crippen LogP contribution in [-0.2, 0) is 6.54 Å². The van der Waals surface area contributed by atoms with Gasteiger partial charge in [0.05, 0.1) is 12.1 Å². The van der Waals surface area contributed by atoms with Crippen molar-refractivity contribution in [2.75, 3.05) is 31.1 Å². The topological polar surface area (TPSA) is 75.6 Å². The summed E-state index contributed by atoms with van der Waals surface area (Å²) in [5, 5.41) is 0. The third-order valence-corrected chi connectivity index (χ3v) is 5.26. The maximum absolute atomic E-state index is 11.6. The second-order valence-corrected chi connectivity index (χ2v) is 7.13. The molecule has 0 bridgehead atoms. The van der Waals surface area contributed by atoms with E-state index in [1.807, 2.05) is 0 Å². The van der Waals surface area contributed by atoms with Gasteiger partial charge in [-0.25, -0.2) is 4.98 Å². The number of pyridine rings is 1. The quantitative estimate of drug-likeness (QED) is 0.903. The summed E-state index contributed by atoms with van der Waals surface area (Å²) in [5.41, 5.74) is 5.95. The normalized spacial score (nSPS) is 23.6. The van der Waals surface area contributed by atoms with E-state index in [1.165, 1.54) is 6.42 Å². The fourth-order valence-electron chi connectivity index (χ4n) is 3.58. The lowest BCUT2D eigenvalue weighted by molar-refractivity contribution is 0.1000. The molecule has 2 N–H and O–H groups in total. The second kappa shape index (κ2) is 6.52. The summed E-state index contributed by atoms with van der Waals surface area (Å²) in [4.78, 5) is 20.5. The molecule has 3 heterocycles. The van der Waals surface area contributed by atoms with Gasteiger partial charge in [0.25, 0.3) is 5.91 Å².